The predicted molar refractivity (Wildman–Crippen MR) is 53.0 cm³/mol. The van der Waals surface area contributed by atoms with Crippen molar-refractivity contribution in [1.29, 1.82) is 0 Å². The average molecular weight is 221 g/mol. The van der Waals surface area contributed by atoms with E-state index in [0.29, 0.717) is 5.69 Å². The summed E-state index contributed by atoms with van der Waals surface area (Å²) in [5.74, 6) is -2.04. The van der Waals surface area contributed by atoms with E-state index in [1.54, 1.807) is 0 Å². The van der Waals surface area contributed by atoms with Crippen LogP contribution in [0.2, 0.25) is 0 Å². The minimum Gasteiger partial charge on any atom is -0.478 e. The third kappa shape index (κ3) is 1.65. The summed E-state index contributed by atoms with van der Waals surface area (Å²) < 4.78 is 13.4. The highest BCUT2D eigenvalue weighted by Gasteiger charge is 2.15. The Bertz CT molecular complexity index is 537. The maximum absolute atomic E-state index is 13.4. The van der Waals surface area contributed by atoms with Crippen molar-refractivity contribution in [3.8, 4) is 5.69 Å². The minimum absolute atomic E-state index is 0.243. The van der Waals surface area contributed by atoms with Gasteiger partial charge in [0, 0.05) is 0 Å². The van der Waals surface area contributed by atoms with Crippen LogP contribution in [0.4, 0.5) is 4.39 Å². The van der Waals surface area contributed by atoms with E-state index in [4.69, 9.17) is 5.11 Å². The normalized spacial score (nSPS) is 10.4. The minimum atomic E-state index is -1.31. The van der Waals surface area contributed by atoms with Gasteiger partial charge in [-0.05, 0) is 24.6 Å². The molecule has 1 aromatic heterocycles. The fourth-order valence-corrected chi connectivity index (χ4v) is 1.37. The summed E-state index contributed by atoms with van der Waals surface area (Å²) in [5, 5.41) is 16.5. The molecule has 0 bridgehead atoms. The second-order valence-corrected chi connectivity index (χ2v) is 3.25. The second kappa shape index (κ2) is 3.73. The molecule has 0 fully saturated rings. The zero-order valence-electron chi connectivity index (χ0n) is 8.38. The van der Waals surface area contributed by atoms with Gasteiger partial charge in [-0.1, -0.05) is 0 Å². The van der Waals surface area contributed by atoms with E-state index in [-0.39, 0.29) is 11.1 Å². The van der Waals surface area contributed by atoms with E-state index in [0.717, 1.165) is 0 Å². The van der Waals surface area contributed by atoms with Crippen molar-refractivity contribution in [2.75, 3.05) is 0 Å². The molecule has 1 heterocycles. The molecule has 1 N–H and O–H groups in total. The number of benzene rings is 1. The molecule has 6 heteroatoms. The molecule has 0 atom stereocenters. The number of carbonyl (C=O) groups is 1. The number of hydrogen-bond acceptors (Lipinski definition) is 3. The van der Waals surface area contributed by atoms with E-state index in [9.17, 15) is 9.18 Å². The third-order valence-electron chi connectivity index (χ3n) is 2.12. The van der Waals surface area contributed by atoms with E-state index in [1.165, 1.54) is 36.2 Å². The van der Waals surface area contributed by atoms with Crippen LogP contribution in [0.25, 0.3) is 5.69 Å². The molecule has 0 saturated heterocycles. The van der Waals surface area contributed by atoms with E-state index in [1.807, 2.05) is 0 Å². The highest BCUT2D eigenvalue weighted by molar-refractivity contribution is 5.89. The zero-order chi connectivity index (χ0) is 11.7. The van der Waals surface area contributed by atoms with E-state index >= 15 is 0 Å². The molecule has 0 saturated carbocycles. The second-order valence-electron chi connectivity index (χ2n) is 3.25. The first-order valence-electron chi connectivity index (χ1n) is 4.49. The van der Waals surface area contributed by atoms with Gasteiger partial charge in [0.15, 0.2) is 0 Å². The number of halogens is 1. The van der Waals surface area contributed by atoms with Crippen molar-refractivity contribution < 1.29 is 14.3 Å². The summed E-state index contributed by atoms with van der Waals surface area (Å²) >= 11 is 0. The van der Waals surface area contributed by atoms with Crippen molar-refractivity contribution in [3.63, 3.8) is 0 Å². The molecular weight excluding hydrogens is 213 g/mol. The van der Waals surface area contributed by atoms with Crippen LogP contribution >= 0.6 is 0 Å². The molecule has 2 rings (SSSR count). The largest absolute Gasteiger partial charge is 0.478 e. The molecule has 16 heavy (non-hydrogen) atoms. The average Bonchev–Trinajstić information content (AvgIpc) is 2.74. The smallest absolute Gasteiger partial charge is 0.338 e. The number of carboxylic acids is 1. The van der Waals surface area contributed by atoms with Crippen LogP contribution in [-0.4, -0.2) is 26.1 Å². The van der Waals surface area contributed by atoms with Crippen LogP contribution in [-0.2, 0) is 0 Å². The number of hydrogen-bond donors (Lipinski definition) is 1. The van der Waals surface area contributed by atoms with Crippen LogP contribution < -0.4 is 0 Å². The Balaban J connectivity index is 2.62. The van der Waals surface area contributed by atoms with Crippen molar-refractivity contribution in [2.45, 2.75) is 6.92 Å². The summed E-state index contributed by atoms with van der Waals surface area (Å²) in [4.78, 5) is 12.0. The first-order valence-corrected chi connectivity index (χ1v) is 4.49. The lowest BCUT2D eigenvalue weighted by Crippen LogP contribution is -2.07. The highest BCUT2D eigenvalue weighted by atomic mass is 19.1. The summed E-state index contributed by atoms with van der Waals surface area (Å²) in [7, 11) is 0. The van der Waals surface area contributed by atoms with Crippen molar-refractivity contribution in [1.82, 2.24) is 15.0 Å². The Morgan fingerprint density at radius 1 is 1.38 bits per heavy atom. The van der Waals surface area contributed by atoms with Gasteiger partial charge in [0.05, 0.1) is 23.6 Å². The van der Waals surface area contributed by atoms with Crippen molar-refractivity contribution >= 4 is 5.97 Å². The monoisotopic (exact) mass is 221 g/mol. The topological polar surface area (TPSA) is 68.0 Å². The molecule has 0 aliphatic heterocycles. The number of aryl methyl sites for hydroxylation is 1. The first-order chi connectivity index (χ1) is 7.59. The molecule has 0 radical (unpaired) electrons. The first kappa shape index (κ1) is 10.3. The van der Waals surface area contributed by atoms with Crippen molar-refractivity contribution in [2.24, 2.45) is 0 Å². The van der Waals surface area contributed by atoms with Crippen LogP contribution in [0.3, 0.4) is 0 Å². The Labute approximate surface area is 90.1 Å². The van der Waals surface area contributed by atoms with Gasteiger partial charge < -0.3 is 5.11 Å². The third-order valence-corrected chi connectivity index (χ3v) is 2.12. The van der Waals surface area contributed by atoms with Crippen molar-refractivity contribution in [3.05, 3.63) is 41.5 Å². The molecule has 82 valence electrons. The summed E-state index contributed by atoms with van der Waals surface area (Å²) in [6.45, 7) is 1.49. The van der Waals surface area contributed by atoms with Gasteiger partial charge in [-0.3, -0.25) is 0 Å². The molecule has 5 nitrogen and oxygen atoms in total. The standard InChI is InChI=1S/C10H8FN3O2/c1-6-4-7(14-12-2-3-13-14)5-8(9(6)11)10(15)16/h2-5H,1H3,(H,15,16). The van der Waals surface area contributed by atoms with Crippen LogP contribution in [0.1, 0.15) is 15.9 Å². The maximum Gasteiger partial charge on any atom is 0.338 e. The van der Waals surface area contributed by atoms with Crippen LogP contribution in [0.15, 0.2) is 24.5 Å². The van der Waals surface area contributed by atoms with Gasteiger partial charge >= 0.3 is 5.97 Å². The van der Waals surface area contributed by atoms with Crippen LogP contribution in [0, 0.1) is 12.7 Å². The number of rotatable bonds is 2. The van der Waals surface area contributed by atoms with Gasteiger partial charge in [0.25, 0.3) is 0 Å². The molecule has 2 aromatic rings. The molecule has 0 amide bonds. The Kier molecular flexibility index (Phi) is 2.40. The Morgan fingerprint density at radius 2 is 2.00 bits per heavy atom. The predicted octanol–water partition coefficient (Wildman–Crippen LogP) is 1.41. The van der Waals surface area contributed by atoms with E-state index < -0.39 is 11.8 Å². The molecule has 0 unspecified atom stereocenters. The zero-order valence-corrected chi connectivity index (χ0v) is 8.38. The van der Waals surface area contributed by atoms with Gasteiger partial charge in [-0.15, -0.1) is 0 Å². The lowest BCUT2D eigenvalue weighted by Gasteiger charge is -2.05. The Hall–Kier alpha value is -2.24. The highest BCUT2D eigenvalue weighted by Crippen LogP contribution is 2.17. The molecule has 0 aliphatic carbocycles. The number of carboxylic acid groups (broad SMARTS) is 1. The fourth-order valence-electron chi connectivity index (χ4n) is 1.37. The van der Waals surface area contributed by atoms with Gasteiger partial charge in [0.1, 0.15) is 5.82 Å². The molecular formula is C10H8FN3O2. The number of nitrogens with zero attached hydrogens (tertiary/aromatic N) is 3. The SMILES string of the molecule is Cc1cc(-n2nccn2)cc(C(=O)O)c1F. The van der Waals surface area contributed by atoms with Gasteiger partial charge in [0.2, 0.25) is 0 Å². The van der Waals surface area contributed by atoms with Crippen LogP contribution in [0.5, 0.6) is 0 Å². The van der Waals surface area contributed by atoms with E-state index in [2.05, 4.69) is 10.2 Å². The lowest BCUT2D eigenvalue weighted by molar-refractivity contribution is 0.0691. The lowest BCUT2D eigenvalue weighted by atomic mass is 10.1. The molecule has 0 spiro atoms. The number of aromatic nitrogens is 3. The maximum atomic E-state index is 13.4. The Morgan fingerprint density at radius 3 is 2.56 bits per heavy atom. The number of aromatic carboxylic acids is 1. The van der Waals surface area contributed by atoms with Gasteiger partial charge in [-0.2, -0.15) is 15.0 Å². The summed E-state index contributed by atoms with van der Waals surface area (Å²) in [6, 6.07) is 2.69. The summed E-state index contributed by atoms with van der Waals surface area (Å²) in [6.07, 6.45) is 2.91. The molecule has 1 aromatic carbocycles. The molecule has 0 aliphatic rings. The summed E-state index contributed by atoms with van der Waals surface area (Å²) in [5.41, 5.74) is 0.279. The quantitative estimate of drug-likeness (QED) is 0.832. The van der Waals surface area contributed by atoms with Gasteiger partial charge in [-0.25, -0.2) is 9.18 Å². The fraction of sp³-hybridized carbons (Fsp3) is 0.100.